The van der Waals surface area contributed by atoms with Crippen molar-refractivity contribution < 1.29 is 23.4 Å². The second kappa shape index (κ2) is 9.28. The summed E-state index contributed by atoms with van der Waals surface area (Å²) in [5.74, 6) is 1.58. The largest absolute Gasteiger partial charge is 0.496 e. The fourth-order valence-corrected chi connectivity index (χ4v) is 4.07. The molecule has 8 nitrogen and oxygen atoms in total. The number of amides is 1. The number of benzene rings is 2. The van der Waals surface area contributed by atoms with Crippen molar-refractivity contribution in [2.45, 2.75) is 19.9 Å². The first-order valence-corrected chi connectivity index (χ1v) is 10.5. The van der Waals surface area contributed by atoms with E-state index in [1.165, 1.54) is 14.2 Å². The van der Waals surface area contributed by atoms with Crippen LogP contribution in [0.2, 0.25) is 0 Å². The highest BCUT2D eigenvalue weighted by molar-refractivity contribution is 5.90. The van der Waals surface area contributed by atoms with E-state index < -0.39 is 5.63 Å². The highest BCUT2D eigenvalue weighted by atomic mass is 16.5. The van der Waals surface area contributed by atoms with E-state index in [-0.39, 0.29) is 12.3 Å². The van der Waals surface area contributed by atoms with Gasteiger partial charge in [0.2, 0.25) is 5.91 Å². The zero-order valence-corrected chi connectivity index (χ0v) is 19.1. The van der Waals surface area contributed by atoms with E-state index >= 15 is 0 Å². The van der Waals surface area contributed by atoms with Crippen LogP contribution in [-0.2, 0) is 17.8 Å². The average molecular weight is 450 g/mol. The van der Waals surface area contributed by atoms with E-state index in [1.807, 2.05) is 35.0 Å². The second-order valence-electron chi connectivity index (χ2n) is 7.62. The zero-order valence-electron chi connectivity index (χ0n) is 19.1. The lowest BCUT2D eigenvalue weighted by Crippen LogP contribution is -2.30. The Balaban J connectivity index is 1.50. The van der Waals surface area contributed by atoms with Crippen molar-refractivity contribution in [3.8, 4) is 17.2 Å². The van der Waals surface area contributed by atoms with Gasteiger partial charge in [-0.1, -0.05) is 6.07 Å². The fraction of sp³-hybridized carbons (Fsp3) is 0.280. The van der Waals surface area contributed by atoms with Crippen LogP contribution in [0.1, 0.15) is 11.1 Å². The van der Waals surface area contributed by atoms with Gasteiger partial charge in [0.25, 0.3) is 0 Å². The molecule has 33 heavy (non-hydrogen) atoms. The van der Waals surface area contributed by atoms with Crippen molar-refractivity contribution in [2.75, 3.05) is 27.9 Å². The maximum Gasteiger partial charge on any atom is 0.340 e. The summed E-state index contributed by atoms with van der Waals surface area (Å²) in [6, 6.07) is 11.2. The summed E-state index contributed by atoms with van der Waals surface area (Å²) in [6.07, 6.45) is 1.88. The van der Waals surface area contributed by atoms with Crippen LogP contribution < -0.4 is 25.2 Å². The first kappa shape index (κ1) is 22.3. The first-order chi connectivity index (χ1) is 16.0. The molecule has 0 fully saturated rings. The normalized spacial score (nSPS) is 11.0. The molecule has 0 aliphatic carbocycles. The third kappa shape index (κ3) is 4.24. The number of nitrogens with zero attached hydrogens (tertiary/aromatic N) is 1. The highest BCUT2D eigenvalue weighted by Crippen LogP contribution is 2.33. The number of aromatic nitrogens is 1. The van der Waals surface area contributed by atoms with Crippen LogP contribution in [0.5, 0.6) is 17.2 Å². The van der Waals surface area contributed by atoms with Crippen molar-refractivity contribution in [1.82, 2.24) is 9.88 Å². The highest BCUT2D eigenvalue weighted by Gasteiger charge is 2.18. The Kier molecular flexibility index (Phi) is 6.26. The summed E-state index contributed by atoms with van der Waals surface area (Å²) in [7, 11) is 4.70. The number of ether oxygens (including phenoxy) is 3. The van der Waals surface area contributed by atoms with Gasteiger partial charge in [-0.3, -0.25) is 4.79 Å². The van der Waals surface area contributed by atoms with Gasteiger partial charge in [0.1, 0.15) is 22.8 Å². The van der Waals surface area contributed by atoms with Crippen molar-refractivity contribution in [3.05, 3.63) is 64.1 Å². The molecule has 1 N–H and O–H groups in total. The molecule has 0 aliphatic heterocycles. The molecule has 0 unspecified atom stereocenters. The monoisotopic (exact) mass is 450 g/mol. The summed E-state index contributed by atoms with van der Waals surface area (Å²) in [5, 5.41) is 4.55. The molecule has 0 saturated heterocycles. The van der Waals surface area contributed by atoms with Crippen LogP contribution in [-0.4, -0.2) is 38.3 Å². The van der Waals surface area contributed by atoms with Crippen molar-refractivity contribution in [3.63, 3.8) is 0 Å². The van der Waals surface area contributed by atoms with Crippen molar-refractivity contribution in [2.24, 2.45) is 0 Å². The molecule has 2 heterocycles. The van der Waals surface area contributed by atoms with Crippen LogP contribution in [0, 0.1) is 6.92 Å². The smallest absolute Gasteiger partial charge is 0.340 e. The quantitative estimate of drug-likeness (QED) is 0.414. The van der Waals surface area contributed by atoms with Gasteiger partial charge < -0.3 is 28.5 Å². The lowest BCUT2D eigenvalue weighted by molar-refractivity contribution is -0.120. The minimum atomic E-state index is -0.547. The molecule has 2 aromatic carbocycles. The molecule has 1 amide bonds. The van der Waals surface area contributed by atoms with Crippen LogP contribution in [0.15, 0.2) is 51.8 Å². The average Bonchev–Trinajstić information content (AvgIpc) is 3.24. The zero-order chi connectivity index (χ0) is 23.5. The summed E-state index contributed by atoms with van der Waals surface area (Å²) < 4.78 is 23.6. The maximum absolute atomic E-state index is 12.6. The van der Waals surface area contributed by atoms with Crippen LogP contribution in [0.25, 0.3) is 21.9 Å². The van der Waals surface area contributed by atoms with Gasteiger partial charge in [0.15, 0.2) is 0 Å². The third-order valence-corrected chi connectivity index (χ3v) is 5.78. The van der Waals surface area contributed by atoms with E-state index in [1.54, 1.807) is 26.2 Å². The van der Waals surface area contributed by atoms with Crippen LogP contribution in [0.4, 0.5) is 0 Å². The Morgan fingerprint density at radius 1 is 1.06 bits per heavy atom. The van der Waals surface area contributed by atoms with Crippen LogP contribution in [0.3, 0.4) is 0 Å². The van der Waals surface area contributed by atoms with Gasteiger partial charge in [0.05, 0.1) is 44.2 Å². The summed E-state index contributed by atoms with van der Waals surface area (Å²) in [4.78, 5) is 25.2. The SMILES string of the molecule is COc1cc(OC)c2c(C)c(CC(=O)NCCn3ccc4c(OC)cccc43)c(=O)oc2c1. The minimum Gasteiger partial charge on any atom is -0.496 e. The standard InChI is InChI=1S/C25H26N2O6/c1-15-18(25(29)33-22-13-16(30-2)12-21(32-4)24(15)22)14-23(28)26-9-11-27-10-8-17-19(27)6-5-7-20(17)31-3/h5-8,10,12-13H,9,11,14H2,1-4H3,(H,26,28). The molecule has 8 heteroatoms. The second-order valence-corrected chi connectivity index (χ2v) is 7.62. The van der Waals surface area contributed by atoms with E-state index in [2.05, 4.69) is 5.32 Å². The predicted octanol–water partition coefficient (Wildman–Crippen LogP) is 3.44. The van der Waals surface area contributed by atoms with E-state index in [4.69, 9.17) is 18.6 Å². The first-order valence-electron chi connectivity index (χ1n) is 10.5. The van der Waals surface area contributed by atoms with Gasteiger partial charge in [-0.2, -0.15) is 0 Å². The molecule has 4 aromatic rings. The van der Waals surface area contributed by atoms with Gasteiger partial charge >= 0.3 is 5.63 Å². The van der Waals surface area contributed by atoms with E-state index in [9.17, 15) is 9.59 Å². The number of carbonyl (C=O) groups is 1. The molecule has 0 bridgehead atoms. The van der Waals surface area contributed by atoms with Gasteiger partial charge in [-0.15, -0.1) is 0 Å². The summed E-state index contributed by atoms with van der Waals surface area (Å²) in [5.41, 5.74) is 1.79. The molecule has 4 rings (SSSR count). The van der Waals surface area contributed by atoms with Gasteiger partial charge in [-0.25, -0.2) is 4.79 Å². The molecular formula is C25H26N2O6. The number of nitrogens with one attached hydrogen (secondary N) is 1. The minimum absolute atomic E-state index is 0.0838. The summed E-state index contributed by atoms with van der Waals surface area (Å²) in [6.45, 7) is 2.79. The number of hydrogen-bond donors (Lipinski definition) is 1. The molecule has 0 radical (unpaired) electrons. The molecular weight excluding hydrogens is 424 g/mol. The fourth-order valence-electron chi connectivity index (χ4n) is 4.07. The molecule has 0 spiro atoms. The lowest BCUT2D eigenvalue weighted by Gasteiger charge is -2.13. The molecule has 2 aromatic heterocycles. The predicted molar refractivity (Wildman–Crippen MR) is 126 cm³/mol. The maximum atomic E-state index is 12.6. The topological polar surface area (TPSA) is 91.9 Å². The lowest BCUT2D eigenvalue weighted by atomic mass is 10.0. The third-order valence-electron chi connectivity index (χ3n) is 5.78. The summed E-state index contributed by atoms with van der Waals surface area (Å²) >= 11 is 0. The Bertz CT molecular complexity index is 1390. The van der Waals surface area contributed by atoms with Gasteiger partial charge in [-0.05, 0) is 30.7 Å². The number of hydrogen-bond acceptors (Lipinski definition) is 6. The number of carbonyl (C=O) groups excluding carboxylic acids is 1. The number of fused-ring (bicyclic) bond motifs is 2. The Hall–Kier alpha value is -3.94. The molecule has 172 valence electrons. The van der Waals surface area contributed by atoms with E-state index in [0.717, 1.165) is 16.7 Å². The number of rotatable bonds is 8. The van der Waals surface area contributed by atoms with Crippen molar-refractivity contribution >= 4 is 27.8 Å². The molecule has 0 saturated carbocycles. The number of aryl methyl sites for hydroxylation is 1. The molecule has 0 atom stereocenters. The Morgan fingerprint density at radius 3 is 2.58 bits per heavy atom. The van der Waals surface area contributed by atoms with Crippen molar-refractivity contribution in [1.29, 1.82) is 0 Å². The number of methoxy groups -OCH3 is 3. The Morgan fingerprint density at radius 2 is 1.85 bits per heavy atom. The Labute approximate surface area is 190 Å². The van der Waals surface area contributed by atoms with E-state index in [0.29, 0.717) is 46.7 Å². The van der Waals surface area contributed by atoms with Crippen LogP contribution >= 0.6 is 0 Å². The molecule has 0 aliphatic rings. The van der Waals surface area contributed by atoms with Gasteiger partial charge in [0, 0.05) is 36.8 Å².